The molecule has 8 nitrogen and oxygen atoms in total. The number of benzene rings is 1. The second-order valence-electron chi connectivity index (χ2n) is 11.2. The molecular weight excluding hydrogens is 639 g/mol. The minimum atomic E-state index is -3.24. The number of carboxylic acids is 1. The van der Waals surface area contributed by atoms with Crippen molar-refractivity contribution in [1.29, 1.82) is 0 Å². The first-order valence-electron chi connectivity index (χ1n) is 12.9. The van der Waals surface area contributed by atoms with Gasteiger partial charge in [0.2, 0.25) is 18.3 Å². The molecule has 1 aromatic heterocycles. The standard InChI is InChI=1S/C20H18ClF5N4O2.C6H6F4O2/c21-11-5-10(1-2-12(11)22)16-15(17(27)32)13-7-29(3-4-30(13)28-16)14(31)6-19(18(23)24)8-20(25,26)9-19;7-3(8)5(4(11)12)1-6(9,10)2-5/h1-2,5,18H,3-4,6-9H2,(H2,27,32);3H,1-2H2,(H,11,12). The minimum absolute atomic E-state index is 0.0103. The van der Waals surface area contributed by atoms with E-state index >= 15 is 0 Å². The van der Waals surface area contributed by atoms with E-state index in [1.54, 1.807) is 0 Å². The first kappa shape index (κ1) is 33.4. The number of rotatable bonds is 7. The number of halogens is 10. The zero-order valence-electron chi connectivity index (χ0n) is 22.4. The molecule has 3 N–H and O–H groups in total. The van der Waals surface area contributed by atoms with Crippen LogP contribution in [0.15, 0.2) is 18.2 Å². The van der Waals surface area contributed by atoms with Crippen molar-refractivity contribution in [3.8, 4) is 11.3 Å². The molecule has 2 aliphatic carbocycles. The topological polar surface area (TPSA) is 119 Å². The van der Waals surface area contributed by atoms with Gasteiger partial charge in [-0.05, 0) is 18.2 Å². The summed E-state index contributed by atoms with van der Waals surface area (Å²) in [7, 11) is 0. The number of amides is 2. The number of carbonyl (C=O) groups is 3. The number of nitrogens with two attached hydrogens (primary N) is 1. The van der Waals surface area contributed by atoms with E-state index in [1.165, 1.54) is 21.7 Å². The molecule has 0 unspecified atom stereocenters. The van der Waals surface area contributed by atoms with Crippen LogP contribution in [-0.4, -0.2) is 68.8 Å². The average molecular weight is 663 g/mol. The van der Waals surface area contributed by atoms with Crippen molar-refractivity contribution >= 4 is 29.4 Å². The van der Waals surface area contributed by atoms with E-state index in [4.69, 9.17) is 22.4 Å². The third-order valence-electron chi connectivity index (χ3n) is 7.95. The maximum Gasteiger partial charge on any atom is 0.315 e. The number of aromatic nitrogens is 2. The molecule has 0 saturated heterocycles. The zero-order valence-corrected chi connectivity index (χ0v) is 23.2. The van der Waals surface area contributed by atoms with Crippen molar-refractivity contribution in [2.45, 2.75) is 69.9 Å². The summed E-state index contributed by atoms with van der Waals surface area (Å²) in [4.78, 5) is 36.3. The van der Waals surface area contributed by atoms with Crippen LogP contribution in [0.2, 0.25) is 5.02 Å². The van der Waals surface area contributed by atoms with Crippen LogP contribution in [0, 0.1) is 16.6 Å². The normalized spacial score (nSPS) is 20.6. The summed E-state index contributed by atoms with van der Waals surface area (Å²) in [5.74, 6) is -10.5. The van der Waals surface area contributed by atoms with Crippen molar-refractivity contribution in [3.63, 3.8) is 0 Å². The van der Waals surface area contributed by atoms with E-state index in [0.717, 1.165) is 6.07 Å². The van der Waals surface area contributed by atoms with Crippen LogP contribution in [-0.2, 0) is 22.7 Å². The van der Waals surface area contributed by atoms with Gasteiger partial charge in [0, 0.05) is 44.2 Å². The summed E-state index contributed by atoms with van der Waals surface area (Å²) in [5.41, 5.74) is 1.70. The molecule has 3 aliphatic rings. The first-order chi connectivity index (χ1) is 20.2. The van der Waals surface area contributed by atoms with Gasteiger partial charge in [0.05, 0.1) is 34.8 Å². The summed E-state index contributed by atoms with van der Waals surface area (Å²) in [6.07, 6.45) is -11.6. The lowest BCUT2D eigenvalue weighted by Gasteiger charge is -2.47. The molecule has 0 spiro atoms. The third kappa shape index (κ3) is 6.19. The molecule has 2 saturated carbocycles. The van der Waals surface area contributed by atoms with E-state index in [2.05, 4.69) is 5.10 Å². The number of alkyl halides is 8. The van der Waals surface area contributed by atoms with Gasteiger partial charge >= 0.3 is 5.97 Å². The number of primary amides is 1. The van der Waals surface area contributed by atoms with Gasteiger partial charge in [0.15, 0.2) is 0 Å². The largest absolute Gasteiger partial charge is 0.481 e. The Labute approximate surface area is 247 Å². The Hall–Kier alpha value is -3.50. The van der Waals surface area contributed by atoms with E-state index in [0.29, 0.717) is 5.56 Å². The van der Waals surface area contributed by atoms with Crippen LogP contribution in [0.1, 0.15) is 48.2 Å². The lowest BCUT2D eigenvalue weighted by molar-refractivity contribution is -0.223. The van der Waals surface area contributed by atoms with Crippen LogP contribution in [0.25, 0.3) is 11.3 Å². The second kappa shape index (κ2) is 11.5. The molecule has 1 aromatic carbocycles. The van der Waals surface area contributed by atoms with Crippen molar-refractivity contribution in [1.82, 2.24) is 14.7 Å². The molecule has 2 fully saturated rings. The van der Waals surface area contributed by atoms with Gasteiger partial charge in [-0.1, -0.05) is 11.6 Å². The Kier molecular flexibility index (Phi) is 8.69. The van der Waals surface area contributed by atoms with Crippen LogP contribution >= 0.6 is 11.6 Å². The summed E-state index contributed by atoms with van der Waals surface area (Å²) in [6, 6.07) is 3.76. The van der Waals surface area contributed by atoms with Crippen LogP contribution < -0.4 is 5.73 Å². The predicted molar refractivity (Wildman–Crippen MR) is 134 cm³/mol. The summed E-state index contributed by atoms with van der Waals surface area (Å²) in [6.45, 7) is 0.0634. The van der Waals surface area contributed by atoms with E-state index in [-0.39, 0.29) is 41.6 Å². The maximum absolute atomic E-state index is 13.5. The van der Waals surface area contributed by atoms with Gasteiger partial charge in [0.1, 0.15) is 16.9 Å². The molecule has 2 amide bonds. The Balaban J connectivity index is 0.000000309. The fourth-order valence-electron chi connectivity index (χ4n) is 5.65. The average Bonchev–Trinajstić information content (AvgIpc) is 3.26. The molecule has 18 heteroatoms. The highest BCUT2D eigenvalue weighted by Gasteiger charge is 2.66. The minimum Gasteiger partial charge on any atom is -0.481 e. The van der Waals surface area contributed by atoms with E-state index in [1.807, 2.05) is 0 Å². The molecule has 44 heavy (non-hydrogen) atoms. The van der Waals surface area contributed by atoms with Gasteiger partial charge in [-0.15, -0.1) is 0 Å². The molecule has 2 heterocycles. The fraction of sp³-hybridized carbons (Fsp3) is 0.538. The molecule has 2 aromatic rings. The van der Waals surface area contributed by atoms with Crippen LogP contribution in [0.5, 0.6) is 0 Å². The summed E-state index contributed by atoms with van der Waals surface area (Å²) >= 11 is 5.82. The van der Waals surface area contributed by atoms with Crippen molar-refractivity contribution in [2.75, 3.05) is 6.54 Å². The van der Waals surface area contributed by atoms with Crippen LogP contribution in [0.3, 0.4) is 0 Å². The van der Waals surface area contributed by atoms with Gasteiger partial charge in [-0.3, -0.25) is 19.1 Å². The van der Waals surface area contributed by atoms with Gasteiger partial charge in [0.25, 0.3) is 18.3 Å². The smallest absolute Gasteiger partial charge is 0.315 e. The quantitative estimate of drug-likeness (QED) is 0.374. The van der Waals surface area contributed by atoms with Crippen LogP contribution in [0.4, 0.5) is 39.5 Å². The number of fused-ring (bicyclic) bond motifs is 1. The van der Waals surface area contributed by atoms with Gasteiger partial charge in [-0.25, -0.2) is 39.5 Å². The first-order valence-corrected chi connectivity index (χ1v) is 13.3. The lowest BCUT2D eigenvalue weighted by atomic mass is 9.64. The molecule has 0 bridgehead atoms. The third-order valence-corrected chi connectivity index (χ3v) is 8.24. The molecule has 1 aliphatic heterocycles. The molecule has 0 radical (unpaired) electrons. The monoisotopic (exact) mass is 662 g/mol. The Morgan fingerprint density at radius 2 is 1.57 bits per heavy atom. The molecular formula is C26H24ClF9N4O4. The fourth-order valence-corrected chi connectivity index (χ4v) is 5.83. The highest BCUT2D eigenvalue weighted by Crippen LogP contribution is 2.57. The van der Waals surface area contributed by atoms with Crippen molar-refractivity contribution < 1.29 is 59.0 Å². The van der Waals surface area contributed by atoms with E-state index < -0.39 is 91.2 Å². The maximum atomic E-state index is 13.5. The lowest BCUT2D eigenvalue weighted by Crippen LogP contribution is -2.55. The van der Waals surface area contributed by atoms with Gasteiger partial charge < -0.3 is 15.7 Å². The van der Waals surface area contributed by atoms with Gasteiger partial charge in [-0.2, -0.15) is 5.10 Å². The van der Waals surface area contributed by atoms with Crippen molar-refractivity contribution in [3.05, 3.63) is 40.3 Å². The number of carboxylic acid groups (broad SMARTS) is 1. The molecule has 5 rings (SSSR count). The van der Waals surface area contributed by atoms with Crippen molar-refractivity contribution in [2.24, 2.45) is 16.6 Å². The highest BCUT2D eigenvalue weighted by atomic mass is 35.5. The number of nitrogens with zero attached hydrogens (tertiary/aromatic N) is 3. The SMILES string of the molecule is NC(=O)c1c(-c2ccc(F)c(Cl)c2)nn2c1CN(C(=O)CC1(C(F)F)CC(F)(F)C1)CC2.O=C(O)C1(C(F)F)CC(F)(F)C1. The second-order valence-corrected chi connectivity index (χ2v) is 11.6. The summed E-state index contributed by atoms with van der Waals surface area (Å²) < 4.78 is 117. The molecule has 242 valence electrons. The van der Waals surface area contributed by atoms with E-state index in [9.17, 15) is 53.9 Å². The summed E-state index contributed by atoms with van der Waals surface area (Å²) in [5, 5.41) is 12.4. The number of carbonyl (C=O) groups excluding carboxylic acids is 2. The Morgan fingerprint density at radius 3 is 2.00 bits per heavy atom. The zero-order chi connectivity index (χ0) is 33.0. The Bertz CT molecular complexity index is 1470. The highest BCUT2D eigenvalue weighted by molar-refractivity contribution is 6.31. The predicted octanol–water partition coefficient (Wildman–Crippen LogP) is 5.61. The Morgan fingerprint density at radius 1 is 0.977 bits per heavy atom. The number of hydrogen-bond acceptors (Lipinski definition) is 4. The molecule has 0 atom stereocenters. The number of aliphatic carboxylic acids is 1. The number of hydrogen-bond donors (Lipinski definition) is 2.